The van der Waals surface area contributed by atoms with Crippen LogP contribution < -0.4 is 5.32 Å². The predicted molar refractivity (Wildman–Crippen MR) is 112 cm³/mol. The van der Waals surface area contributed by atoms with Gasteiger partial charge < -0.3 is 10.4 Å². The largest absolute Gasteiger partial charge is 0.393 e. The molecule has 0 spiro atoms. The lowest BCUT2D eigenvalue weighted by molar-refractivity contribution is -0.121. The third kappa shape index (κ3) is 6.41. The summed E-state index contributed by atoms with van der Waals surface area (Å²) in [5.74, 6) is -0.186. The van der Waals surface area contributed by atoms with Crippen molar-refractivity contribution in [3.8, 4) is 0 Å². The van der Waals surface area contributed by atoms with Crippen LogP contribution in [0.15, 0.2) is 36.4 Å². The third-order valence-electron chi connectivity index (χ3n) is 4.90. The monoisotopic (exact) mass is 420 g/mol. The summed E-state index contributed by atoms with van der Waals surface area (Å²) in [5, 5.41) is 12.4. The van der Waals surface area contributed by atoms with Crippen LogP contribution in [0.5, 0.6) is 0 Å². The fraction of sp³-hybridized carbons (Fsp3) is 0.429. The molecule has 1 aromatic carbocycles. The van der Waals surface area contributed by atoms with E-state index in [1.807, 2.05) is 12.1 Å². The molecule has 5 nitrogen and oxygen atoms in total. The zero-order valence-corrected chi connectivity index (χ0v) is 17.3. The summed E-state index contributed by atoms with van der Waals surface area (Å²) in [6.07, 6.45) is 1.89. The van der Waals surface area contributed by atoms with E-state index in [4.69, 9.17) is 11.6 Å². The number of ketones is 1. The Balaban J connectivity index is 1.38. The maximum absolute atomic E-state index is 12.0. The van der Waals surface area contributed by atoms with Gasteiger partial charge in [0.15, 0.2) is 5.78 Å². The van der Waals surface area contributed by atoms with Crippen LogP contribution >= 0.6 is 22.9 Å². The number of aliphatic hydroxyl groups is 1. The number of carbonyl (C=O) groups excluding carboxylic acids is 2. The van der Waals surface area contributed by atoms with Gasteiger partial charge in [-0.15, -0.1) is 11.3 Å². The number of likely N-dealkylation sites (tertiary alicyclic amines) is 1. The number of aliphatic hydroxyl groups excluding tert-OH is 1. The van der Waals surface area contributed by atoms with Crippen LogP contribution in [-0.4, -0.2) is 40.9 Å². The molecule has 0 saturated carbocycles. The van der Waals surface area contributed by atoms with Gasteiger partial charge in [0.05, 0.1) is 15.3 Å². The molecule has 0 bridgehead atoms. The van der Waals surface area contributed by atoms with Crippen LogP contribution in [0.1, 0.15) is 46.5 Å². The van der Waals surface area contributed by atoms with Crippen molar-refractivity contribution in [3.05, 3.63) is 56.7 Å². The molecule has 0 radical (unpaired) electrons. The molecule has 0 atom stereocenters. The predicted octanol–water partition coefficient (Wildman–Crippen LogP) is 3.64. The van der Waals surface area contributed by atoms with Gasteiger partial charge in [0, 0.05) is 39.0 Å². The summed E-state index contributed by atoms with van der Waals surface area (Å²) in [7, 11) is 0. The molecule has 3 rings (SSSR count). The Morgan fingerprint density at radius 1 is 1.07 bits per heavy atom. The first-order valence-corrected chi connectivity index (χ1v) is 10.7. The van der Waals surface area contributed by atoms with Crippen molar-refractivity contribution in [3.63, 3.8) is 0 Å². The molecule has 1 aliphatic rings. The van der Waals surface area contributed by atoms with E-state index < -0.39 is 0 Å². The van der Waals surface area contributed by atoms with Crippen molar-refractivity contribution in [2.75, 3.05) is 13.1 Å². The molecular weight excluding hydrogens is 396 g/mol. The van der Waals surface area contributed by atoms with E-state index in [0.717, 1.165) is 38.0 Å². The quantitative estimate of drug-likeness (QED) is 0.640. The highest BCUT2D eigenvalue weighted by Gasteiger charge is 2.16. The average Bonchev–Trinajstić information content (AvgIpc) is 3.14. The average molecular weight is 421 g/mol. The Morgan fingerprint density at radius 3 is 2.39 bits per heavy atom. The number of benzene rings is 1. The van der Waals surface area contributed by atoms with Crippen molar-refractivity contribution in [1.82, 2.24) is 10.2 Å². The van der Waals surface area contributed by atoms with Gasteiger partial charge in [-0.25, -0.2) is 0 Å². The molecule has 1 amide bonds. The van der Waals surface area contributed by atoms with Crippen molar-refractivity contribution >= 4 is 34.6 Å². The normalized spacial score (nSPS) is 15.5. The molecule has 0 unspecified atom stereocenters. The maximum atomic E-state index is 12.0. The molecule has 1 fully saturated rings. The molecule has 1 aliphatic heterocycles. The van der Waals surface area contributed by atoms with Gasteiger partial charge in [-0.2, -0.15) is 0 Å². The van der Waals surface area contributed by atoms with E-state index >= 15 is 0 Å². The van der Waals surface area contributed by atoms with Crippen LogP contribution in [0.4, 0.5) is 0 Å². The standard InChI is InChI=1S/C21H25ClN2O3S/c22-20-7-6-19(28-20)18(26)5-8-21(27)23-13-15-1-3-16(4-2-15)14-24-11-9-17(25)10-12-24/h1-4,6-7,17,25H,5,8-14H2,(H,23,27). The zero-order chi connectivity index (χ0) is 19.9. The zero-order valence-electron chi connectivity index (χ0n) is 15.7. The summed E-state index contributed by atoms with van der Waals surface area (Å²) < 4.78 is 0.578. The van der Waals surface area contributed by atoms with E-state index in [2.05, 4.69) is 22.3 Å². The first-order valence-electron chi connectivity index (χ1n) is 9.53. The summed E-state index contributed by atoms with van der Waals surface area (Å²) in [5.41, 5.74) is 2.26. The Kier molecular flexibility index (Phi) is 7.62. The lowest BCUT2D eigenvalue weighted by Gasteiger charge is -2.29. The van der Waals surface area contributed by atoms with Gasteiger partial charge in [-0.05, 0) is 36.1 Å². The topological polar surface area (TPSA) is 69.6 Å². The first kappa shape index (κ1) is 21.0. The highest BCUT2D eigenvalue weighted by Crippen LogP contribution is 2.23. The second kappa shape index (κ2) is 10.2. The lowest BCUT2D eigenvalue weighted by Crippen LogP contribution is -2.35. The van der Waals surface area contributed by atoms with Gasteiger partial charge in [-0.1, -0.05) is 35.9 Å². The van der Waals surface area contributed by atoms with Gasteiger partial charge in [0.1, 0.15) is 0 Å². The van der Waals surface area contributed by atoms with Crippen LogP contribution in [0.25, 0.3) is 0 Å². The van der Waals surface area contributed by atoms with E-state index in [-0.39, 0.29) is 30.6 Å². The minimum Gasteiger partial charge on any atom is -0.393 e. The highest BCUT2D eigenvalue weighted by molar-refractivity contribution is 7.18. The Morgan fingerprint density at radius 2 is 1.75 bits per heavy atom. The molecule has 2 heterocycles. The Hall–Kier alpha value is -1.73. The van der Waals surface area contributed by atoms with E-state index in [9.17, 15) is 14.7 Å². The number of nitrogens with one attached hydrogen (secondary N) is 1. The number of carbonyl (C=O) groups is 2. The second-order valence-electron chi connectivity index (χ2n) is 7.13. The van der Waals surface area contributed by atoms with Crippen molar-refractivity contribution < 1.29 is 14.7 Å². The number of hydrogen-bond donors (Lipinski definition) is 2. The molecule has 7 heteroatoms. The number of amides is 1. The van der Waals surface area contributed by atoms with Crippen molar-refractivity contribution in [2.24, 2.45) is 0 Å². The van der Waals surface area contributed by atoms with Gasteiger partial charge >= 0.3 is 0 Å². The third-order valence-corrected chi connectivity index (χ3v) is 6.18. The summed E-state index contributed by atoms with van der Waals surface area (Å²) >= 11 is 7.07. The molecule has 1 saturated heterocycles. The molecule has 1 aromatic heterocycles. The van der Waals surface area contributed by atoms with Crippen LogP contribution in [0.2, 0.25) is 4.34 Å². The number of hydrogen-bond acceptors (Lipinski definition) is 5. The minimum absolute atomic E-state index is 0.0540. The van der Waals surface area contributed by atoms with E-state index in [1.54, 1.807) is 12.1 Å². The molecule has 0 aliphatic carbocycles. The summed E-state index contributed by atoms with van der Waals surface area (Å²) in [4.78, 5) is 27.0. The van der Waals surface area contributed by atoms with Crippen molar-refractivity contribution in [1.29, 1.82) is 0 Å². The van der Waals surface area contributed by atoms with Gasteiger partial charge in [0.2, 0.25) is 5.91 Å². The van der Waals surface area contributed by atoms with E-state index in [1.165, 1.54) is 16.9 Å². The number of piperidine rings is 1. The van der Waals surface area contributed by atoms with Gasteiger partial charge in [-0.3, -0.25) is 14.5 Å². The van der Waals surface area contributed by atoms with Crippen LogP contribution in [0, 0.1) is 0 Å². The minimum atomic E-state index is -0.152. The number of nitrogens with zero attached hydrogens (tertiary/aromatic N) is 1. The summed E-state index contributed by atoms with van der Waals surface area (Å²) in [6.45, 7) is 3.19. The van der Waals surface area contributed by atoms with E-state index in [0.29, 0.717) is 15.8 Å². The maximum Gasteiger partial charge on any atom is 0.220 e. The van der Waals surface area contributed by atoms with Crippen molar-refractivity contribution in [2.45, 2.75) is 44.9 Å². The number of thiophene rings is 1. The molecule has 150 valence electrons. The summed E-state index contributed by atoms with van der Waals surface area (Å²) in [6, 6.07) is 11.6. The fourth-order valence-corrected chi connectivity index (χ4v) is 4.21. The SMILES string of the molecule is O=C(CCC(=O)c1ccc(Cl)s1)NCc1ccc(CN2CCC(O)CC2)cc1. The van der Waals surface area contributed by atoms with Crippen LogP contribution in [-0.2, 0) is 17.9 Å². The molecule has 28 heavy (non-hydrogen) atoms. The second-order valence-corrected chi connectivity index (χ2v) is 8.84. The van der Waals surface area contributed by atoms with Gasteiger partial charge in [0.25, 0.3) is 0 Å². The smallest absolute Gasteiger partial charge is 0.220 e. The van der Waals surface area contributed by atoms with Crippen LogP contribution in [0.3, 0.4) is 0 Å². The fourth-order valence-electron chi connectivity index (χ4n) is 3.20. The Bertz CT molecular complexity index is 798. The highest BCUT2D eigenvalue weighted by atomic mass is 35.5. The number of Topliss-reactive ketones (excluding diaryl/α,β-unsaturated/α-hetero) is 1. The molecule has 2 aromatic rings. The molecular formula is C21H25ClN2O3S. The Labute approximate surface area is 174 Å². The molecule has 2 N–H and O–H groups in total. The number of rotatable bonds is 8. The number of halogens is 1. The lowest BCUT2D eigenvalue weighted by atomic mass is 10.1. The first-order chi connectivity index (χ1) is 13.5.